The van der Waals surface area contributed by atoms with E-state index in [-0.39, 0.29) is 0 Å². The molecule has 19 heavy (non-hydrogen) atoms. The zero-order valence-corrected chi connectivity index (χ0v) is 11.0. The van der Waals surface area contributed by atoms with E-state index in [2.05, 4.69) is 9.97 Å². The van der Waals surface area contributed by atoms with Crippen LogP contribution in [-0.2, 0) is 0 Å². The second kappa shape index (κ2) is 4.52. The van der Waals surface area contributed by atoms with E-state index in [0.717, 1.165) is 34.1 Å². The first-order chi connectivity index (χ1) is 9.20. The number of benzene rings is 1. The Morgan fingerprint density at radius 1 is 1.32 bits per heavy atom. The van der Waals surface area contributed by atoms with Crippen molar-refractivity contribution in [3.63, 3.8) is 0 Å². The van der Waals surface area contributed by atoms with Gasteiger partial charge < -0.3 is 4.98 Å². The number of halogens is 1. The lowest BCUT2D eigenvalue weighted by atomic mass is 10.1. The first-order valence-electron chi connectivity index (χ1n) is 5.89. The van der Waals surface area contributed by atoms with Gasteiger partial charge in [0, 0.05) is 27.7 Å². The molecule has 3 nitrogen and oxygen atoms in total. The summed E-state index contributed by atoms with van der Waals surface area (Å²) >= 11 is 6.06. The van der Waals surface area contributed by atoms with Gasteiger partial charge in [-0.1, -0.05) is 17.7 Å². The van der Waals surface area contributed by atoms with Crippen LogP contribution in [0, 0.1) is 6.92 Å². The Morgan fingerprint density at radius 3 is 2.84 bits per heavy atom. The second-order valence-electron chi connectivity index (χ2n) is 4.39. The van der Waals surface area contributed by atoms with Gasteiger partial charge in [0.2, 0.25) is 0 Å². The van der Waals surface area contributed by atoms with Crippen molar-refractivity contribution in [3.8, 4) is 11.4 Å². The molecule has 0 spiro atoms. The Labute approximate surface area is 115 Å². The van der Waals surface area contributed by atoms with Gasteiger partial charge in [-0.15, -0.1) is 0 Å². The van der Waals surface area contributed by atoms with Crippen LogP contribution in [0.25, 0.3) is 22.3 Å². The van der Waals surface area contributed by atoms with Gasteiger partial charge in [-0.25, -0.2) is 0 Å². The van der Waals surface area contributed by atoms with E-state index in [4.69, 9.17) is 11.6 Å². The van der Waals surface area contributed by atoms with Crippen LogP contribution in [0.5, 0.6) is 0 Å². The highest BCUT2D eigenvalue weighted by atomic mass is 35.5. The smallest absolute Gasteiger partial charge is 0.152 e. The van der Waals surface area contributed by atoms with E-state index in [1.165, 1.54) is 0 Å². The molecule has 3 rings (SSSR count). The number of carbonyl (C=O) groups excluding carboxylic acids is 1. The lowest BCUT2D eigenvalue weighted by molar-refractivity contribution is 0.112. The van der Waals surface area contributed by atoms with E-state index in [1.807, 2.05) is 31.2 Å². The third-order valence-electron chi connectivity index (χ3n) is 3.15. The minimum atomic E-state index is 0.597. The molecule has 1 N–H and O–H groups in total. The van der Waals surface area contributed by atoms with Gasteiger partial charge >= 0.3 is 0 Å². The number of aryl methyl sites for hydroxylation is 1. The number of aldehydes is 1. The first kappa shape index (κ1) is 11.9. The lowest BCUT2D eigenvalue weighted by Gasteiger charge is -1.97. The summed E-state index contributed by atoms with van der Waals surface area (Å²) in [5, 5.41) is 1.46. The number of aromatic nitrogens is 2. The lowest BCUT2D eigenvalue weighted by Crippen LogP contribution is -1.86. The van der Waals surface area contributed by atoms with Gasteiger partial charge in [-0.05, 0) is 36.8 Å². The molecule has 2 heterocycles. The Kier molecular flexibility index (Phi) is 2.84. The summed E-state index contributed by atoms with van der Waals surface area (Å²) in [7, 11) is 0. The van der Waals surface area contributed by atoms with Gasteiger partial charge in [-0.2, -0.15) is 0 Å². The molecule has 0 unspecified atom stereocenters. The zero-order chi connectivity index (χ0) is 13.4. The quantitative estimate of drug-likeness (QED) is 0.715. The van der Waals surface area contributed by atoms with Crippen molar-refractivity contribution in [1.82, 2.24) is 9.97 Å². The molecule has 94 valence electrons. The number of fused-ring (bicyclic) bond motifs is 1. The van der Waals surface area contributed by atoms with Gasteiger partial charge in [0.05, 0.1) is 11.4 Å². The number of H-pyrrole nitrogens is 1. The molecule has 3 aromatic rings. The Balaban J connectivity index is 2.38. The summed E-state index contributed by atoms with van der Waals surface area (Å²) in [6.07, 6.45) is 2.55. The van der Waals surface area contributed by atoms with E-state index < -0.39 is 0 Å². The molecule has 4 heteroatoms. The van der Waals surface area contributed by atoms with E-state index >= 15 is 0 Å². The molecule has 0 amide bonds. The maximum Gasteiger partial charge on any atom is 0.152 e. The number of aromatic amines is 1. The second-order valence-corrected chi connectivity index (χ2v) is 4.83. The molecule has 0 bridgehead atoms. The van der Waals surface area contributed by atoms with Crippen molar-refractivity contribution in [2.75, 3.05) is 0 Å². The van der Waals surface area contributed by atoms with Gasteiger partial charge in [0.1, 0.15) is 0 Å². The molecule has 0 aliphatic carbocycles. The maximum absolute atomic E-state index is 11.4. The zero-order valence-electron chi connectivity index (χ0n) is 10.3. The molecule has 1 aromatic carbocycles. The number of hydrogen-bond acceptors (Lipinski definition) is 2. The summed E-state index contributed by atoms with van der Waals surface area (Å²) in [5.41, 5.74) is 4.01. The monoisotopic (exact) mass is 270 g/mol. The summed E-state index contributed by atoms with van der Waals surface area (Å²) in [4.78, 5) is 19.0. The van der Waals surface area contributed by atoms with Crippen molar-refractivity contribution in [1.29, 1.82) is 0 Å². The number of nitrogens with one attached hydrogen (secondary N) is 1. The number of hydrogen-bond donors (Lipinski definition) is 1. The molecule has 0 radical (unpaired) electrons. The minimum Gasteiger partial charge on any atom is -0.352 e. The third-order valence-corrected chi connectivity index (χ3v) is 3.37. The molecule has 0 aliphatic rings. The topological polar surface area (TPSA) is 45.8 Å². The van der Waals surface area contributed by atoms with Crippen molar-refractivity contribution in [3.05, 3.63) is 52.7 Å². The van der Waals surface area contributed by atoms with Crippen molar-refractivity contribution < 1.29 is 4.79 Å². The molecule has 0 saturated carbocycles. The summed E-state index contributed by atoms with van der Waals surface area (Å²) in [6, 6.07) is 9.28. The van der Waals surface area contributed by atoms with Crippen LogP contribution >= 0.6 is 11.6 Å². The Morgan fingerprint density at radius 2 is 2.16 bits per heavy atom. The average molecular weight is 271 g/mol. The largest absolute Gasteiger partial charge is 0.352 e. The Bertz CT molecular complexity index is 763. The molecule has 0 aliphatic heterocycles. The van der Waals surface area contributed by atoms with Crippen molar-refractivity contribution in [2.45, 2.75) is 6.92 Å². The van der Waals surface area contributed by atoms with Crippen molar-refractivity contribution >= 4 is 28.8 Å². The fourth-order valence-corrected chi connectivity index (χ4v) is 2.56. The van der Waals surface area contributed by atoms with Crippen LogP contribution in [0.4, 0.5) is 0 Å². The number of carbonyl (C=O) groups is 1. The minimum absolute atomic E-state index is 0.597. The molecule has 0 saturated heterocycles. The summed E-state index contributed by atoms with van der Waals surface area (Å²) in [5.74, 6) is 0. The third kappa shape index (κ3) is 1.92. The highest BCUT2D eigenvalue weighted by molar-refractivity contribution is 6.31. The number of rotatable bonds is 2. The summed E-state index contributed by atoms with van der Waals surface area (Å²) in [6.45, 7) is 1.96. The van der Waals surface area contributed by atoms with Crippen molar-refractivity contribution in [2.24, 2.45) is 0 Å². The van der Waals surface area contributed by atoms with E-state index in [9.17, 15) is 4.79 Å². The van der Waals surface area contributed by atoms with Gasteiger partial charge in [0.15, 0.2) is 6.29 Å². The fourth-order valence-electron chi connectivity index (χ4n) is 2.28. The highest BCUT2D eigenvalue weighted by Gasteiger charge is 2.15. The molecule has 2 aromatic heterocycles. The predicted octanol–water partition coefficient (Wildman–Crippen LogP) is 4.00. The molecular formula is C15H11ClN2O. The normalized spacial score (nSPS) is 10.8. The van der Waals surface area contributed by atoms with Crippen LogP contribution in [0.15, 0.2) is 36.5 Å². The van der Waals surface area contributed by atoms with E-state index in [1.54, 1.807) is 12.3 Å². The fraction of sp³-hybridized carbons (Fsp3) is 0.0667. The Hall–Kier alpha value is -2.13. The number of pyridine rings is 1. The number of nitrogens with zero attached hydrogens (tertiary/aromatic N) is 1. The van der Waals surface area contributed by atoms with Crippen LogP contribution in [0.2, 0.25) is 5.02 Å². The van der Waals surface area contributed by atoms with Crippen LogP contribution in [0.3, 0.4) is 0 Å². The maximum atomic E-state index is 11.4. The van der Waals surface area contributed by atoms with Gasteiger partial charge in [0.25, 0.3) is 0 Å². The molecular weight excluding hydrogens is 260 g/mol. The van der Waals surface area contributed by atoms with Crippen LogP contribution in [-0.4, -0.2) is 16.3 Å². The molecule has 0 atom stereocenters. The predicted molar refractivity (Wildman–Crippen MR) is 76.7 cm³/mol. The van der Waals surface area contributed by atoms with E-state index in [0.29, 0.717) is 10.6 Å². The van der Waals surface area contributed by atoms with Crippen LogP contribution in [0.1, 0.15) is 15.9 Å². The summed E-state index contributed by atoms with van der Waals surface area (Å²) < 4.78 is 0. The van der Waals surface area contributed by atoms with Crippen LogP contribution < -0.4 is 0 Å². The standard InChI is InChI=1S/C15H11ClN2O/c1-9-6-10(16)7-11-12(8-19)15(18-14(9)11)13-4-2-3-5-17-13/h2-8,18H,1H3. The molecule has 0 fully saturated rings. The average Bonchev–Trinajstić information content (AvgIpc) is 2.78. The SMILES string of the molecule is Cc1cc(Cl)cc2c(C=O)c(-c3ccccn3)[nH]c12. The van der Waals surface area contributed by atoms with Gasteiger partial charge in [-0.3, -0.25) is 9.78 Å². The first-order valence-corrected chi connectivity index (χ1v) is 6.27. The highest BCUT2D eigenvalue weighted by Crippen LogP contribution is 2.31.